The maximum atomic E-state index is 8.76. The standard InChI is InChI=1S/C13H13N3S/c1-8-4-9(2)12(10(3)5-8)16-13-15-7-11(6-14)17-13/h4-5,7H,1-3H3,(H,15,16). The lowest BCUT2D eigenvalue weighted by atomic mass is 10.1. The first-order valence-electron chi connectivity index (χ1n) is 5.31. The number of hydrogen-bond acceptors (Lipinski definition) is 4. The van der Waals surface area contributed by atoms with E-state index in [9.17, 15) is 0 Å². The number of nitrogens with one attached hydrogen (secondary N) is 1. The summed E-state index contributed by atoms with van der Waals surface area (Å²) >= 11 is 1.37. The molecule has 4 heteroatoms. The van der Waals surface area contributed by atoms with Gasteiger partial charge in [-0.3, -0.25) is 0 Å². The van der Waals surface area contributed by atoms with Gasteiger partial charge in [0, 0.05) is 5.69 Å². The molecule has 2 aromatic rings. The summed E-state index contributed by atoms with van der Waals surface area (Å²) in [6, 6.07) is 6.35. The molecule has 2 rings (SSSR count). The monoisotopic (exact) mass is 243 g/mol. The fourth-order valence-electron chi connectivity index (χ4n) is 1.87. The highest BCUT2D eigenvalue weighted by molar-refractivity contribution is 7.16. The van der Waals surface area contributed by atoms with E-state index < -0.39 is 0 Å². The van der Waals surface area contributed by atoms with E-state index in [1.807, 2.05) is 0 Å². The Balaban J connectivity index is 2.33. The van der Waals surface area contributed by atoms with Crippen molar-refractivity contribution in [2.45, 2.75) is 20.8 Å². The highest BCUT2D eigenvalue weighted by atomic mass is 32.1. The van der Waals surface area contributed by atoms with Gasteiger partial charge in [0.15, 0.2) is 5.13 Å². The number of benzene rings is 1. The van der Waals surface area contributed by atoms with Gasteiger partial charge in [-0.2, -0.15) is 5.26 Å². The minimum atomic E-state index is 0.620. The molecule has 1 heterocycles. The van der Waals surface area contributed by atoms with Crippen LogP contribution in [0.5, 0.6) is 0 Å². The van der Waals surface area contributed by atoms with E-state index in [1.54, 1.807) is 6.20 Å². The van der Waals surface area contributed by atoms with Gasteiger partial charge in [-0.1, -0.05) is 29.0 Å². The summed E-state index contributed by atoms with van der Waals surface area (Å²) in [7, 11) is 0. The summed E-state index contributed by atoms with van der Waals surface area (Å²) in [5.41, 5.74) is 4.71. The molecule has 0 radical (unpaired) electrons. The molecule has 0 aliphatic heterocycles. The average Bonchev–Trinajstić information content (AvgIpc) is 2.71. The van der Waals surface area contributed by atoms with Crippen LogP contribution < -0.4 is 5.32 Å². The molecule has 0 aliphatic carbocycles. The minimum Gasteiger partial charge on any atom is -0.331 e. The predicted octanol–water partition coefficient (Wildman–Crippen LogP) is 3.68. The highest BCUT2D eigenvalue weighted by Crippen LogP contribution is 2.27. The maximum Gasteiger partial charge on any atom is 0.188 e. The third-order valence-electron chi connectivity index (χ3n) is 2.52. The van der Waals surface area contributed by atoms with Gasteiger partial charge in [0.1, 0.15) is 10.9 Å². The number of anilines is 2. The molecule has 17 heavy (non-hydrogen) atoms. The van der Waals surface area contributed by atoms with Crippen LogP contribution in [0.2, 0.25) is 0 Å². The number of nitrogens with zero attached hydrogens (tertiary/aromatic N) is 2. The van der Waals surface area contributed by atoms with Crippen LogP contribution >= 0.6 is 11.3 Å². The van der Waals surface area contributed by atoms with Crippen molar-refractivity contribution in [3.05, 3.63) is 39.9 Å². The van der Waals surface area contributed by atoms with Crippen molar-refractivity contribution in [1.29, 1.82) is 5.26 Å². The molecule has 0 saturated heterocycles. The van der Waals surface area contributed by atoms with Crippen molar-refractivity contribution in [3.8, 4) is 6.07 Å². The summed E-state index contributed by atoms with van der Waals surface area (Å²) in [5.74, 6) is 0. The number of aryl methyl sites for hydroxylation is 3. The van der Waals surface area contributed by atoms with Gasteiger partial charge in [0.25, 0.3) is 0 Å². The molecule has 0 atom stereocenters. The molecule has 1 aromatic carbocycles. The van der Waals surface area contributed by atoms with E-state index in [2.05, 4.69) is 49.3 Å². The Labute approximate surface area is 105 Å². The van der Waals surface area contributed by atoms with Gasteiger partial charge in [-0.15, -0.1) is 0 Å². The van der Waals surface area contributed by atoms with Gasteiger partial charge in [-0.05, 0) is 31.9 Å². The fraction of sp³-hybridized carbons (Fsp3) is 0.231. The van der Waals surface area contributed by atoms with Gasteiger partial charge < -0.3 is 5.32 Å². The van der Waals surface area contributed by atoms with Crippen molar-refractivity contribution >= 4 is 22.2 Å². The molecular weight excluding hydrogens is 230 g/mol. The summed E-state index contributed by atoms with van der Waals surface area (Å²) in [6.45, 7) is 6.23. The number of thiazole rings is 1. The lowest BCUT2D eigenvalue weighted by Gasteiger charge is -2.11. The average molecular weight is 243 g/mol. The van der Waals surface area contributed by atoms with Crippen LogP contribution in [0.25, 0.3) is 0 Å². The van der Waals surface area contributed by atoms with Crippen LogP contribution in [-0.4, -0.2) is 4.98 Å². The number of aromatic nitrogens is 1. The van der Waals surface area contributed by atoms with Crippen molar-refractivity contribution in [1.82, 2.24) is 4.98 Å². The second-order valence-corrected chi connectivity index (χ2v) is 5.07. The van der Waals surface area contributed by atoms with Crippen LogP contribution in [0.15, 0.2) is 18.3 Å². The van der Waals surface area contributed by atoms with E-state index in [4.69, 9.17) is 5.26 Å². The Bertz CT molecular complexity index is 570. The zero-order valence-electron chi connectivity index (χ0n) is 10.0. The van der Waals surface area contributed by atoms with Crippen LogP contribution in [0.1, 0.15) is 21.6 Å². The third kappa shape index (κ3) is 2.45. The predicted molar refractivity (Wildman–Crippen MR) is 70.8 cm³/mol. The Morgan fingerprint density at radius 1 is 1.24 bits per heavy atom. The molecule has 86 valence electrons. The van der Waals surface area contributed by atoms with Gasteiger partial charge >= 0.3 is 0 Å². The lowest BCUT2D eigenvalue weighted by molar-refractivity contribution is 1.29. The molecule has 0 saturated carbocycles. The number of hydrogen-bond donors (Lipinski definition) is 1. The van der Waals surface area contributed by atoms with E-state index in [0.717, 1.165) is 10.8 Å². The minimum absolute atomic E-state index is 0.620. The molecule has 1 aromatic heterocycles. The first-order valence-corrected chi connectivity index (χ1v) is 6.12. The number of rotatable bonds is 2. The van der Waals surface area contributed by atoms with Gasteiger partial charge in [-0.25, -0.2) is 4.98 Å². The smallest absolute Gasteiger partial charge is 0.188 e. The Morgan fingerprint density at radius 2 is 1.88 bits per heavy atom. The third-order valence-corrected chi connectivity index (χ3v) is 3.34. The van der Waals surface area contributed by atoms with Gasteiger partial charge in [0.2, 0.25) is 0 Å². The second kappa shape index (κ2) is 4.56. The number of nitriles is 1. The largest absolute Gasteiger partial charge is 0.331 e. The van der Waals surface area contributed by atoms with E-state index in [1.165, 1.54) is 28.0 Å². The Hall–Kier alpha value is -1.86. The topological polar surface area (TPSA) is 48.7 Å². The molecular formula is C13H13N3S. The van der Waals surface area contributed by atoms with Crippen LogP contribution in [0.4, 0.5) is 10.8 Å². The summed E-state index contributed by atoms with van der Waals surface area (Å²) in [4.78, 5) is 4.79. The maximum absolute atomic E-state index is 8.76. The molecule has 3 nitrogen and oxygen atoms in total. The molecule has 0 spiro atoms. The molecule has 0 bridgehead atoms. The van der Waals surface area contributed by atoms with E-state index in [0.29, 0.717) is 4.88 Å². The summed E-state index contributed by atoms with van der Waals surface area (Å²) in [6.07, 6.45) is 1.59. The highest BCUT2D eigenvalue weighted by Gasteiger charge is 2.07. The van der Waals surface area contributed by atoms with Crippen molar-refractivity contribution in [2.75, 3.05) is 5.32 Å². The quantitative estimate of drug-likeness (QED) is 0.875. The Kier molecular flexibility index (Phi) is 3.12. The Morgan fingerprint density at radius 3 is 2.41 bits per heavy atom. The molecule has 1 N–H and O–H groups in total. The van der Waals surface area contributed by atoms with Gasteiger partial charge in [0.05, 0.1) is 6.20 Å². The SMILES string of the molecule is Cc1cc(C)c(Nc2ncc(C#N)s2)c(C)c1. The van der Waals surface area contributed by atoms with E-state index >= 15 is 0 Å². The second-order valence-electron chi connectivity index (χ2n) is 4.04. The van der Waals surface area contributed by atoms with E-state index in [-0.39, 0.29) is 0 Å². The zero-order chi connectivity index (χ0) is 12.4. The van der Waals surface area contributed by atoms with Crippen molar-refractivity contribution < 1.29 is 0 Å². The molecule has 0 fully saturated rings. The first-order chi connectivity index (χ1) is 8.10. The first kappa shape index (κ1) is 11.6. The molecule has 0 aliphatic rings. The van der Waals surface area contributed by atoms with Crippen molar-refractivity contribution in [3.63, 3.8) is 0 Å². The zero-order valence-corrected chi connectivity index (χ0v) is 10.9. The molecule has 0 unspecified atom stereocenters. The summed E-state index contributed by atoms with van der Waals surface area (Å²) < 4.78 is 0. The van der Waals surface area contributed by atoms with Crippen LogP contribution in [-0.2, 0) is 0 Å². The lowest BCUT2D eigenvalue weighted by Crippen LogP contribution is -1.96. The molecule has 0 amide bonds. The summed E-state index contributed by atoms with van der Waals surface area (Å²) in [5, 5.41) is 12.8. The normalized spacial score (nSPS) is 10.0. The van der Waals surface area contributed by atoms with Crippen molar-refractivity contribution in [2.24, 2.45) is 0 Å². The van der Waals surface area contributed by atoms with Crippen LogP contribution in [0.3, 0.4) is 0 Å². The fourth-order valence-corrected chi connectivity index (χ4v) is 2.49. The van der Waals surface area contributed by atoms with Crippen LogP contribution in [0, 0.1) is 32.1 Å².